The Morgan fingerprint density at radius 2 is 1.95 bits per heavy atom. The fourth-order valence-electron chi connectivity index (χ4n) is 5.68. The van der Waals surface area contributed by atoms with Gasteiger partial charge in [0, 0.05) is 53.4 Å². The second-order valence-electron chi connectivity index (χ2n) is 9.79. The highest BCUT2D eigenvalue weighted by Gasteiger charge is 2.39. The second-order valence-corrected chi connectivity index (χ2v) is 11.4. The number of hydrogen-bond acceptors (Lipinski definition) is 5. The molecule has 0 bridgehead atoms. The zero-order chi connectivity index (χ0) is 25.9. The van der Waals surface area contributed by atoms with E-state index in [2.05, 4.69) is 6.08 Å². The quantitative estimate of drug-likeness (QED) is 0.365. The van der Waals surface area contributed by atoms with Crippen molar-refractivity contribution in [2.45, 2.75) is 25.7 Å². The summed E-state index contributed by atoms with van der Waals surface area (Å²) in [5, 5.41) is 0.821. The van der Waals surface area contributed by atoms with Crippen molar-refractivity contribution in [2.24, 2.45) is 13.0 Å². The standard InChI is InChI=1S/C28H27N3O5S/c1-29-17-22(19-7-3-5-9-23(19)29)21-16-26(32)31(28(21)33)27-20-8-4-6-10-24(20)30-13-11-18(15-25(27)30)12-14-36-37(2,34)35/h3-4,6-8,10-11,13,16-18H,5,9,12,14-15H2,1-2H3. The molecule has 0 spiro atoms. The maximum absolute atomic E-state index is 13.9. The molecule has 9 heteroatoms. The van der Waals surface area contributed by atoms with Crippen LogP contribution in [0.15, 0.2) is 48.7 Å². The number of nitrogens with zero attached hydrogens (tertiary/aromatic N) is 3. The van der Waals surface area contributed by atoms with Gasteiger partial charge in [0.2, 0.25) is 0 Å². The maximum atomic E-state index is 13.9. The van der Waals surface area contributed by atoms with Crippen LogP contribution in [0, 0.1) is 5.92 Å². The number of para-hydroxylation sites is 1. The first kappa shape index (κ1) is 23.7. The number of imide groups is 1. The Labute approximate surface area is 215 Å². The highest BCUT2D eigenvalue weighted by molar-refractivity contribution is 7.85. The maximum Gasteiger partial charge on any atom is 0.266 e. The summed E-state index contributed by atoms with van der Waals surface area (Å²) in [5.41, 5.74) is 5.69. The Balaban J connectivity index is 1.39. The van der Waals surface area contributed by atoms with Crippen molar-refractivity contribution >= 4 is 56.4 Å². The number of allylic oxidation sites excluding steroid dienone is 2. The lowest BCUT2D eigenvalue weighted by Crippen LogP contribution is -2.32. The van der Waals surface area contributed by atoms with E-state index in [0.29, 0.717) is 24.1 Å². The molecule has 37 heavy (non-hydrogen) atoms. The van der Waals surface area contributed by atoms with E-state index in [1.54, 1.807) is 0 Å². The highest BCUT2D eigenvalue weighted by Crippen LogP contribution is 2.42. The molecule has 2 aromatic heterocycles. The van der Waals surface area contributed by atoms with Gasteiger partial charge in [-0.05, 0) is 37.7 Å². The third-order valence-corrected chi connectivity index (χ3v) is 7.94. The average molecular weight is 518 g/mol. The van der Waals surface area contributed by atoms with Crippen molar-refractivity contribution in [2.75, 3.05) is 17.8 Å². The summed E-state index contributed by atoms with van der Waals surface area (Å²) in [5.74, 6) is -0.685. The lowest BCUT2D eigenvalue weighted by atomic mass is 9.96. The first-order chi connectivity index (χ1) is 17.7. The smallest absolute Gasteiger partial charge is 0.266 e. The van der Waals surface area contributed by atoms with Crippen LogP contribution in [0.4, 0.5) is 5.69 Å². The Morgan fingerprint density at radius 3 is 2.76 bits per heavy atom. The van der Waals surface area contributed by atoms with Crippen molar-refractivity contribution in [3.63, 3.8) is 0 Å². The molecule has 0 radical (unpaired) electrons. The fourth-order valence-corrected chi connectivity index (χ4v) is 6.08. The predicted molar refractivity (Wildman–Crippen MR) is 143 cm³/mol. The number of hydrogen-bond donors (Lipinski definition) is 0. The molecule has 4 heterocycles. The Bertz CT molecular complexity index is 1670. The summed E-state index contributed by atoms with van der Waals surface area (Å²) < 4.78 is 31.8. The van der Waals surface area contributed by atoms with Gasteiger partial charge >= 0.3 is 0 Å². The molecule has 0 N–H and O–H groups in total. The normalized spacial score (nSPS) is 19.0. The van der Waals surface area contributed by atoms with Gasteiger partial charge in [-0.25, -0.2) is 4.90 Å². The molecule has 0 fully saturated rings. The molecule has 0 saturated carbocycles. The van der Waals surface area contributed by atoms with E-state index in [4.69, 9.17) is 4.18 Å². The molecular formula is C28H27N3O5S. The minimum Gasteiger partial charge on any atom is -0.353 e. The van der Waals surface area contributed by atoms with Gasteiger partial charge in [-0.3, -0.25) is 13.8 Å². The Hall–Kier alpha value is -3.69. The minimum atomic E-state index is -3.52. The average Bonchev–Trinajstić information content (AvgIpc) is 3.47. The van der Waals surface area contributed by atoms with Crippen LogP contribution in [0.1, 0.15) is 35.4 Å². The number of rotatable bonds is 6. The summed E-state index contributed by atoms with van der Waals surface area (Å²) in [7, 11) is -1.55. The molecule has 1 aliphatic carbocycles. The molecule has 3 aliphatic rings. The first-order valence-corrected chi connectivity index (χ1v) is 14.1. The molecular weight excluding hydrogens is 490 g/mol. The van der Waals surface area contributed by atoms with Gasteiger partial charge < -0.3 is 9.13 Å². The number of carbonyl (C=O) groups excluding carboxylic acids is 2. The molecule has 8 nitrogen and oxygen atoms in total. The number of aromatic nitrogens is 2. The Morgan fingerprint density at radius 1 is 1.14 bits per heavy atom. The van der Waals surface area contributed by atoms with E-state index >= 15 is 0 Å². The monoisotopic (exact) mass is 517 g/mol. The number of benzene rings is 1. The van der Waals surface area contributed by atoms with Crippen LogP contribution in [0.5, 0.6) is 0 Å². The molecule has 6 rings (SSSR count). The summed E-state index contributed by atoms with van der Waals surface area (Å²) in [4.78, 5) is 28.6. The zero-order valence-corrected chi connectivity index (χ0v) is 21.5. The lowest BCUT2D eigenvalue weighted by molar-refractivity contribution is -0.119. The van der Waals surface area contributed by atoms with Crippen molar-refractivity contribution in [3.8, 4) is 0 Å². The topological polar surface area (TPSA) is 90.6 Å². The number of fused-ring (bicyclic) bond motifs is 4. The predicted octanol–water partition coefficient (Wildman–Crippen LogP) is 3.91. The lowest BCUT2D eigenvalue weighted by Gasteiger charge is -2.23. The van der Waals surface area contributed by atoms with Gasteiger partial charge in [0.1, 0.15) is 0 Å². The van der Waals surface area contributed by atoms with Crippen molar-refractivity contribution in [3.05, 3.63) is 71.2 Å². The van der Waals surface area contributed by atoms with Gasteiger partial charge in [0.25, 0.3) is 21.9 Å². The van der Waals surface area contributed by atoms with Gasteiger partial charge in [-0.2, -0.15) is 8.42 Å². The van der Waals surface area contributed by atoms with Crippen LogP contribution < -0.4 is 4.90 Å². The van der Waals surface area contributed by atoms with E-state index in [1.165, 1.54) is 11.0 Å². The second kappa shape index (κ2) is 8.71. The Kier molecular flexibility index (Phi) is 5.58. The van der Waals surface area contributed by atoms with E-state index in [-0.39, 0.29) is 24.3 Å². The van der Waals surface area contributed by atoms with Crippen LogP contribution in [0.3, 0.4) is 0 Å². The summed E-state index contributed by atoms with van der Waals surface area (Å²) in [6, 6.07) is 7.73. The minimum absolute atomic E-state index is 0.00355. The van der Waals surface area contributed by atoms with Crippen molar-refractivity contribution < 1.29 is 22.2 Å². The largest absolute Gasteiger partial charge is 0.353 e. The number of amides is 2. The SMILES string of the molecule is Cn1cc(C2=CC(=O)N(c3c4n(c5ccccc35)C=CC(CCOS(C)(=O)=O)C4)C2=O)c2c1CCC=C2. The van der Waals surface area contributed by atoms with Crippen LogP contribution in [-0.2, 0) is 43.8 Å². The van der Waals surface area contributed by atoms with Gasteiger partial charge in [0.15, 0.2) is 0 Å². The van der Waals surface area contributed by atoms with Crippen molar-refractivity contribution in [1.29, 1.82) is 0 Å². The zero-order valence-electron chi connectivity index (χ0n) is 20.7. The third-order valence-electron chi connectivity index (χ3n) is 7.35. The number of aryl methyl sites for hydroxylation is 1. The highest BCUT2D eigenvalue weighted by atomic mass is 32.2. The van der Waals surface area contributed by atoms with Crippen molar-refractivity contribution in [1.82, 2.24) is 9.13 Å². The molecule has 3 aromatic rings. The molecule has 2 amide bonds. The molecule has 190 valence electrons. The number of anilines is 1. The third kappa shape index (κ3) is 3.98. The number of carbonyl (C=O) groups is 2. The molecule has 1 unspecified atom stereocenters. The first-order valence-electron chi connectivity index (χ1n) is 12.3. The summed E-state index contributed by atoms with van der Waals surface area (Å²) >= 11 is 0. The van der Waals surface area contributed by atoms with Crippen LogP contribution in [0.25, 0.3) is 28.8 Å². The molecule has 1 aromatic carbocycles. The van der Waals surface area contributed by atoms with Crippen LogP contribution >= 0.6 is 0 Å². The van der Waals surface area contributed by atoms with Crippen LogP contribution in [0.2, 0.25) is 0 Å². The summed E-state index contributed by atoms with van der Waals surface area (Å²) in [6.45, 7) is 0.0727. The van der Waals surface area contributed by atoms with Gasteiger partial charge in [-0.1, -0.05) is 36.4 Å². The van der Waals surface area contributed by atoms with E-state index in [0.717, 1.165) is 52.5 Å². The fraction of sp³-hybridized carbons (Fsp3) is 0.286. The molecule has 0 saturated heterocycles. The van der Waals surface area contributed by atoms with E-state index < -0.39 is 10.1 Å². The van der Waals surface area contributed by atoms with Gasteiger partial charge in [-0.15, -0.1) is 0 Å². The molecule has 1 atom stereocenters. The van der Waals surface area contributed by atoms with E-state index in [9.17, 15) is 18.0 Å². The van der Waals surface area contributed by atoms with E-state index in [1.807, 2.05) is 65.0 Å². The van der Waals surface area contributed by atoms with Gasteiger partial charge in [0.05, 0.1) is 29.6 Å². The molecule has 2 aliphatic heterocycles. The van der Waals surface area contributed by atoms with Crippen LogP contribution in [-0.4, -0.2) is 42.2 Å². The summed E-state index contributed by atoms with van der Waals surface area (Å²) in [6.07, 6.45) is 15.4.